The van der Waals surface area contributed by atoms with Gasteiger partial charge in [0.1, 0.15) is 11.5 Å². The van der Waals surface area contributed by atoms with Crippen molar-refractivity contribution < 1.29 is 13.7 Å². The van der Waals surface area contributed by atoms with Crippen LogP contribution in [0.1, 0.15) is 37.4 Å². The summed E-state index contributed by atoms with van der Waals surface area (Å²) in [5.41, 5.74) is 1.53. The van der Waals surface area contributed by atoms with Crippen LogP contribution in [-0.4, -0.2) is 33.2 Å². The Labute approximate surface area is 173 Å². The third kappa shape index (κ3) is 4.85. The highest BCUT2D eigenvalue weighted by Crippen LogP contribution is 2.33. The van der Waals surface area contributed by atoms with Crippen LogP contribution in [0.4, 0.5) is 4.39 Å². The molecule has 0 spiro atoms. The lowest BCUT2D eigenvalue weighted by Gasteiger charge is -2.28. The summed E-state index contributed by atoms with van der Waals surface area (Å²) in [7, 11) is 0. The molecule has 1 amide bonds. The van der Waals surface area contributed by atoms with Gasteiger partial charge in [-0.15, -0.1) is 11.8 Å². The van der Waals surface area contributed by atoms with E-state index in [1.165, 1.54) is 23.9 Å². The van der Waals surface area contributed by atoms with E-state index >= 15 is 0 Å². The van der Waals surface area contributed by atoms with E-state index in [4.69, 9.17) is 4.52 Å². The minimum absolute atomic E-state index is 0.0963. The topological polar surface area (TPSA) is 59.2 Å². The van der Waals surface area contributed by atoms with Gasteiger partial charge in [0.25, 0.3) is 0 Å². The van der Waals surface area contributed by atoms with E-state index < -0.39 is 0 Å². The van der Waals surface area contributed by atoms with Crippen molar-refractivity contribution in [3.63, 3.8) is 0 Å². The summed E-state index contributed by atoms with van der Waals surface area (Å²) in [5.74, 6) is 0.775. The minimum Gasteiger partial charge on any atom is -0.356 e. The van der Waals surface area contributed by atoms with Crippen LogP contribution in [0.15, 0.2) is 64.3 Å². The monoisotopic (exact) mass is 411 g/mol. The van der Waals surface area contributed by atoms with E-state index in [1.807, 2.05) is 23.1 Å². The first-order chi connectivity index (χ1) is 14.2. The quantitative estimate of drug-likeness (QED) is 0.546. The molecule has 1 aromatic carbocycles. The largest absolute Gasteiger partial charge is 0.356 e. The van der Waals surface area contributed by atoms with Gasteiger partial charge in [-0.1, -0.05) is 18.0 Å². The van der Waals surface area contributed by atoms with Gasteiger partial charge in [0.15, 0.2) is 5.76 Å². The van der Waals surface area contributed by atoms with Gasteiger partial charge in [-0.3, -0.25) is 9.78 Å². The number of rotatable bonds is 5. The first-order valence-corrected chi connectivity index (χ1v) is 10.7. The Bertz CT molecular complexity index is 946. The lowest BCUT2D eigenvalue weighted by molar-refractivity contribution is -0.130. The molecule has 0 saturated carbocycles. The number of carbonyl (C=O) groups excluding carboxylic acids is 1. The van der Waals surface area contributed by atoms with Crippen molar-refractivity contribution in [3.8, 4) is 11.3 Å². The molecule has 0 unspecified atom stereocenters. The summed E-state index contributed by atoms with van der Waals surface area (Å²) in [6.07, 6.45) is 7.46. The van der Waals surface area contributed by atoms with Gasteiger partial charge in [-0.25, -0.2) is 4.39 Å². The molecular weight excluding hydrogens is 389 g/mol. The van der Waals surface area contributed by atoms with Crippen LogP contribution in [0.25, 0.3) is 11.3 Å². The molecule has 0 bridgehead atoms. The lowest BCUT2D eigenvalue weighted by Crippen LogP contribution is -2.36. The van der Waals surface area contributed by atoms with Crippen LogP contribution in [0.5, 0.6) is 0 Å². The molecule has 3 aromatic rings. The van der Waals surface area contributed by atoms with Crippen molar-refractivity contribution in [1.29, 1.82) is 0 Å². The van der Waals surface area contributed by atoms with Crippen molar-refractivity contribution in [1.82, 2.24) is 15.0 Å². The number of amides is 1. The number of hydrogen-bond donors (Lipinski definition) is 0. The first-order valence-electron chi connectivity index (χ1n) is 9.75. The van der Waals surface area contributed by atoms with Crippen molar-refractivity contribution in [2.24, 2.45) is 0 Å². The molecule has 0 radical (unpaired) electrons. The Balaban J connectivity index is 1.50. The van der Waals surface area contributed by atoms with Gasteiger partial charge >= 0.3 is 0 Å². The zero-order valence-electron chi connectivity index (χ0n) is 16.0. The van der Waals surface area contributed by atoms with Gasteiger partial charge in [-0.05, 0) is 49.2 Å². The molecule has 150 valence electrons. The van der Waals surface area contributed by atoms with E-state index in [0.717, 1.165) is 48.4 Å². The van der Waals surface area contributed by atoms with E-state index in [1.54, 1.807) is 24.5 Å². The van der Waals surface area contributed by atoms with Crippen LogP contribution >= 0.6 is 11.8 Å². The molecule has 7 heteroatoms. The number of thioether (sulfide) groups is 1. The molecule has 0 N–H and O–H groups in total. The molecule has 1 aliphatic heterocycles. The number of likely N-dealkylation sites (tertiary alicyclic amines) is 1. The van der Waals surface area contributed by atoms with Crippen LogP contribution < -0.4 is 0 Å². The van der Waals surface area contributed by atoms with E-state index in [9.17, 15) is 9.18 Å². The summed E-state index contributed by atoms with van der Waals surface area (Å²) in [5, 5.41) is 4.25. The Hall–Kier alpha value is -2.67. The van der Waals surface area contributed by atoms with Crippen molar-refractivity contribution >= 4 is 17.7 Å². The molecule has 3 heterocycles. The van der Waals surface area contributed by atoms with E-state index in [-0.39, 0.29) is 17.8 Å². The maximum atomic E-state index is 13.2. The highest BCUT2D eigenvalue weighted by Gasteiger charge is 2.29. The predicted molar refractivity (Wildman–Crippen MR) is 110 cm³/mol. The van der Waals surface area contributed by atoms with Gasteiger partial charge < -0.3 is 9.42 Å². The second-order valence-electron chi connectivity index (χ2n) is 7.05. The fourth-order valence-electron chi connectivity index (χ4n) is 3.57. The molecule has 4 rings (SSSR count). The zero-order valence-corrected chi connectivity index (χ0v) is 16.8. The van der Waals surface area contributed by atoms with Crippen LogP contribution in [0.2, 0.25) is 0 Å². The van der Waals surface area contributed by atoms with Crippen molar-refractivity contribution in [2.45, 2.75) is 36.6 Å². The average molecular weight is 412 g/mol. The van der Waals surface area contributed by atoms with Crippen molar-refractivity contribution in [2.75, 3.05) is 12.3 Å². The molecule has 1 saturated heterocycles. The molecular formula is C22H22FN3O2S. The first kappa shape index (κ1) is 19.6. The summed E-state index contributed by atoms with van der Waals surface area (Å²) < 4.78 is 18.7. The SMILES string of the molecule is O=C(CSc1ccncc1)N1CCCCC[C@@H]1c1cc(-c2ccc(F)cc2)on1. The molecule has 1 atom stereocenters. The molecule has 1 fully saturated rings. The maximum absolute atomic E-state index is 13.2. The number of pyridine rings is 1. The fourth-order valence-corrected chi connectivity index (χ4v) is 4.34. The molecule has 5 nitrogen and oxygen atoms in total. The molecule has 2 aromatic heterocycles. The van der Waals surface area contributed by atoms with Gasteiger partial charge in [0.05, 0.1) is 11.8 Å². The number of aromatic nitrogens is 2. The lowest BCUT2D eigenvalue weighted by atomic mass is 10.1. The Morgan fingerprint density at radius 2 is 1.93 bits per heavy atom. The third-order valence-corrected chi connectivity index (χ3v) is 6.08. The highest BCUT2D eigenvalue weighted by atomic mass is 32.2. The number of carbonyl (C=O) groups is 1. The number of nitrogens with zero attached hydrogens (tertiary/aromatic N) is 3. The Morgan fingerprint density at radius 1 is 1.14 bits per heavy atom. The van der Waals surface area contributed by atoms with E-state index in [2.05, 4.69) is 10.1 Å². The number of benzene rings is 1. The Kier molecular flexibility index (Phi) is 6.24. The fraction of sp³-hybridized carbons (Fsp3) is 0.318. The Morgan fingerprint density at radius 3 is 2.72 bits per heavy atom. The second kappa shape index (κ2) is 9.22. The average Bonchev–Trinajstić information content (AvgIpc) is 3.11. The third-order valence-electron chi connectivity index (χ3n) is 5.08. The highest BCUT2D eigenvalue weighted by molar-refractivity contribution is 8.00. The number of halogens is 1. The molecule has 1 aliphatic rings. The number of hydrogen-bond acceptors (Lipinski definition) is 5. The maximum Gasteiger partial charge on any atom is 0.233 e. The normalized spacial score (nSPS) is 17.1. The smallest absolute Gasteiger partial charge is 0.233 e. The summed E-state index contributed by atoms with van der Waals surface area (Å²) in [4.78, 5) is 20.0. The van der Waals surface area contributed by atoms with Gasteiger partial charge in [0.2, 0.25) is 5.91 Å². The van der Waals surface area contributed by atoms with Gasteiger partial charge in [0, 0.05) is 35.5 Å². The molecule has 29 heavy (non-hydrogen) atoms. The van der Waals surface area contributed by atoms with E-state index in [0.29, 0.717) is 11.5 Å². The van der Waals surface area contributed by atoms with Crippen LogP contribution in [0.3, 0.4) is 0 Å². The minimum atomic E-state index is -0.291. The second-order valence-corrected chi connectivity index (χ2v) is 8.10. The zero-order chi connectivity index (χ0) is 20.1. The summed E-state index contributed by atoms with van der Waals surface area (Å²) in [6.45, 7) is 0.721. The molecule has 0 aliphatic carbocycles. The standard InChI is InChI=1S/C22H22FN3O2S/c23-17-7-5-16(6-8-17)21-14-19(25-28-21)20-4-2-1-3-13-26(20)22(27)15-29-18-9-11-24-12-10-18/h5-12,14,20H,1-4,13,15H2/t20-/m1/s1. The predicted octanol–water partition coefficient (Wildman–Crippen LogP) is 5.11. The van der Waals surface area contributed by atoms with Gasteiger partial charge in [-0.2, -0.15) is 0 Å². The summed E-state index contributed by atoms with van der Waals surface area (Å²) >= 11 is 1.52. The van der Waals surface area contributed by atoms with Crippen molar-refractivity contribution in [3.05, 3.63) is 66.4 Å². The van der Waals surface area contributed by atoms with Crippen LogP contribution in [0, 0.1) is 5.82 Å². The van der Waals surface area contributed by atoms with Crippen LogP contribution in [-0.2, 0) is 4.79 Å². The summed E-state index contributed by atoms with van der Waals surface area (Å²) in [6, 6.07) is 11.7.